The molecule has 0 aromatic heterocycles. The van der Waals surface area contributed by atoms with Gasteiger partial charge in [-0.05, 0) is 51.9 Å². The molecule has 0 saturated carbocycles. The van der Waals surface area contributed by atoms with Crippen LogP contribution in [0.4, 0.5) is 0 Å². The average molecular weight is 253 g/mol. The van der Waals surface area contributed by atoms with E-state index >= 15 is 0 Å². The van der Waals surface area contributed by atoms with E-state index in [-0.39, 0.29) is 5.91 Å². The van der Waals surface area contributed by atoms with Gasteiger partial charge in [-0.25, -0.2) is 0 Å². The summed E-state index contributed by atoms with van der Waals surface area (Å²) < 4.78 is 0. The molecule has 104 valence electrons. The van der Waals surface area contributed by atoms with E-state index < -0.39 is 0 Å². The number of likely N-dealkylation sites (tertiary alicyclic amines) is 2. The first kappa shape index (κ1) is 13.8. The number of nitrogens with zero attached hydrogens (tertiary/aromatic N) is 2. The average Bonchev–Trinajstić information content (AvgIpc) is 2.35. The van der Waals surface area contributed by atoms with E-state index in [1.165, 1.54) is 32.5 Å². The van der Waals surface area contributed by atoms with Gasteiger partial charge in [0.2, 0.25) is 5.91 Å². The normalized spacial score (nSPS) is 23.9. The maximum absolute atomic E-state index is 11.8. The Morgan fingerprint density at radius 1 is 1.28 bits per heavy atom. The molecule has 18 heavy (non-hydrogen) atoms. The first-order valence-electron chi connectivity index (χ1n) is 7.37. The molecule has 2 saturated heterocycles. The largest absolute Gasteiger partial charge is 0.351 e. The van der Waals surface area contributed by atoms with Crippen LogP contribution in [0.2, 0.25) is 0 Å². The van der Waals surface area contributed by atoms with Gasteiger partial charge in [0, 0.05) is 19.5 Å². The van der Waals surface area contributed by atoms with Gasteiger partial charge in [-0.2, -0.15) is 0 Å². The van der Waals surface area contributed by atoms with Crippen molar-refractivity contribution in [1.29, 1.82) is 0 Å². The van der Waals surface area contributed by atoms with Crippen molar-refractivity contribution in [2.75, 3.05) is 39.8 Å². The smallest absolute Gasteiger partial charge is 0.220 e. The SMILES string of the molecule is CCN1CCC(CCC(=O)NC2CN(C)C2)CC1. The predicted octanol–water partition coefficient (Wildman–Crippen LogP) is 0.929. The number of piperidine rings is 1. The molecule has 1 N–H and O–H groups in total. The fourth-order valence-electron chi connectivity index (χ4n) is 3.02. The molecule has 0 aromatic rings. The Balaban J connectivity index is 1.56. The van der Waals surface area contributed by atoms with Crippen molar-refractivity contribution < 1.29 is 4.79 Å². The molecule has 0 aromatic carbocycles. The zero-order valence-corrected chi connectivity index (χ0v) is 11.8. The summed E-state index contributed by atoms with van der Waals surface area (Å²) in [5.41, 5.74) is 0. The van der Waals surface area contributed by atoms with E-state index in [4.69, 9.17) is 0 Å². The summed E-state index contributed by atoms with van der Waals surface area (Å²) >= 11 is 0. The summed E-state index contributed by atoms with van der Waals surface area (Å²) in [7, 11) is 2.09. The fourth-order valence-corrected chi connectivity index (χ4v) is 3.02. The molecule has 2 heterocycles. The maximum Gasteiger partial charge on any atom is 0.220 e. The number of likely N-dealkylation sites (N-methyl/N-ethyl adjacent to an activating group) is 1. The molecule has 0 unspecified atom stereocenters. The van der Waals surface area contributed by atoms with Crippen LogP contribution in [0.15, 0.2) is 0 Å². The van der Waals surface area contributed by atoms with Crippen LogP contribution in [0.25, 0.3) is 0 Å². The summed E-state index contributed by atoms with van der Waals surface area (Å²) in [5, 5.41) is 3.12. The second kappa shape index (κ2) is 6.53. The van der Waals surface area contributed by atoms with Crippen LogP contribution >= 0.6 is 0 Å². The summed E-state index contributed by atoms with van der Waals surface area (Å²) in [6.07, 6.45) is 4.34. The summed E-state index contributed by atoms with van der Waals surface area (Å²) in [4.78, 5) is 16.5. The van der Waals surface area contributed by atoms with Crippen molar-refractivity contribution in [2.24, 2.45) is 5.92 Å². The van der Waals surface area contributed by atoms with Crippen LogP contribution in [0.5, 0.6) is 0 Å². The molecule has 0 spiro atoms. The molecule has 0 atom stereocenters. The van der Waals surface area contributed by atoms with Gasteiger partial charge >= 0.3 is 0 Å². The maximum atomic E-state index is 11.8. The van der Waals surface area contributed by atoms with Gasteiger partial charge in [0.1, 0.15) is 0 Å². The molecule has 2 aliphatic rings. The Morgan fingerprint density at radius 3 is 2.50 bits per heavy atom. The Hall–Kier alpha value is -0.610. The van der Waals surface area contributed by atoms with Crippen molar-refractivity contribution in [1.82, 2.24) is 15.1 Å². The molecular weight excluding hydrogens is 226 g/mol. The highest BCUT2D eigenvalue weighted by atomic mass is 16.1. The van der Waals surface area contributed by atoms with E-state index in [2.05, 4.69) is 29.1 Å². The van der Waals surface area contributed by atoms with Crippen molar-refractivity contribution in [2.45, 2.75) is 38.6 Å². The lowest BCUT2D eigenvalue weighted by Gasteiger charge is -2.36. The van der Waals surface area contributed by atoms with Crippen molar-refractivity contribution in [3.63, 3.8) is 0 Å². The highest BCUT2D eigenvalue weighted by Crippen LogP contribution is 2.21. The number of amides is 1. The van der Waals surface area contributed by atoms with Crippen molar-refractivity contribution in [3.05, 3.63) is 0 Å². The molecule has 0 radical (unpaired) electrons. The fraction of sp³-hybridized carbons (Fsp3) is 0.929. The van der Waals surface area contributed by atoms with Crippen molar-refractivity contribution in [3.8, 4) is 0 Å². The van der Waals surface area contributed by atoms with E-state index in [9.17, 15) is 4.79 Å². The third-order valence-electron chi connectivity index (χ3n) is 4.36. The lowest BCUT2D eigenvalue weighted by molar-refractivity contribution is -0.123. The van der Waals surface area contributed by atoms with Gasteiger partial charge in [0.05, 0.1) is 6.04 Å². The van der Waals surface area contributed by atoms with Crippen LogP contribution in [0, 0.1) is 5.92 Å². The van der Waals surface area contributed by atoms with Gasteiger partial charge in [0.25, 0.3) is 0 Å². The Kier molecular flexibility index (Phi) is 5.01. The lowest BCUT2D eigenvalue weighted by atomic mass is 9.92. The minimum atomic E-state index is 0.256. The molecule has 4 heteroatoms. The van der Waals surface area contributed by atoms with Crippen LogP contribution < -0.4 is 5.32 Å². The van der Waals surface area contributed by atoms with Crippen molar-refractivity contribution >= 4 is 5.91 Å². The van der Waals surface area contributed by atoms with Crippen LogP contribution in [0.1, 0.15) is 32.6 Å². The molecule has 4 nitrogen and oxygen atoms in total. The molecule has 0 aliphatic carbocycles. The Morgan fingerprint density at radius 2 is 1.94 bits per heavy atom. The quantitative estimate of drug-likeness (QED) is 0.792. The number of carbonyl (C=O) groups excluding carboxylic acids is 1. The molecule has 2 aliphatic heterocycles. The number of nitrogens with one attached hydrogen (secondary N) is 1. The van der Waals surface area contributed by atoms with Crippen LogP contribution in [-0.2, 0) is 4.79 Å². The van der Waals surface area contributed by atoms with Gasteiger partial charge in [-0.1, -0.05) is 6.92 Å². The Bertz CT molecular complexity index is 268. The zero-order chi connectivity index (χ0) is 13.0. The van der Waals surface area contributed by atoms with E-state index in [0.717, 1.165) is 31.8 Å². The zero-order valence-electron chi connectivity index (χ0n) is 11.8. The van der Waals surface area contributed by atoms with E-state index in [1.807, 2.05) is 0 Å². The van der Waals surface area contributed by atoms with Crippen LogP contribution in [0.3, 0.4) is 0 Å². The van der Waals surface area contributed by atoms with Gasteiger partial charge < -0.3 is 15.1 Å². The minimum Gasteiger partial charge on any atom is -0.351 e. The number of hydrogen-bond donors (Lipinski definition) is 1. The second-order valence-electron chi connectivity index (χ2n) is 5.90. The lowest BCUT2D eigenvalue weighted by Crippen LogP contribution is -2.57. The van der Waals surface area contributed by atoms with Gasteiger partial charge in [-0.3, -0.25) is 4.79 Å². The van der Waals surface area contributed by atoms with E-state index in [0.29, 0.717) is 6.04 Å². The first-order valence-corrected chi connectivity index (χ1v) is 7.37. The van der Waals surface area contributed by atoms with Crippen LogP contribution in [-0.4, -0.2) is 61.5 Å². The van der Waals surface area contributed by atoms with Gasteiger partial charge in [-0.15, -0.1) is 0 Å². The molecule has 2 fully saturated rings. The standard InChI is InChI=1S/C14H27N3O/c1-3-17-8-6-12(7-9-17)4-5-14(18)15-13-10-16(2)11-13/h12-13H,3-11H2,1-2H3,(H,15,18). The van der Waals surface area contributed by atoms with E-state index in [1.54, 1.807) is 0 Å². The summed E-state index contributed by atoms with van der Waals surface area (Å²) in [5.74, 6) is 1.02. The number of carbonyl (C=O) groups is 1. The monoisotopic (exact) mass is 253 g/mol. The summed E-state index contributed by atoms with van der Waals surface area (Å²) in [6.45, 7) is 7.86. The molecule has 2 rings (SSSR count). The third-order valence-corrected chi connectivity index (χ3v) is 4.36. The molecule has 0 bridgehead atoms. The first-order chi connectivity index (χ1) is 8.67. The number of hydrogen-bond acceptors (Lipinski definition) is 3. The number of rotatable bonds is 5. The third kappa shape index (κ3) is 3.95. The minimum absolute atomic E-state index is 0.256. The molecule has 1 amide bonds. The second-order valence-corrected chi connectivity index (χ2v) is 5.90. The Labute approximate surface area is 111 Å². The van der Waals surface area contributed by atoms with Gasteiger partial charge in [0.15, 0.2) is 0 Å². The summed E-state index contributed by atoms with van der Waals surface area (Å²) in [6, 6.07) is 0.407. The highest BCUT2D eigenvalue weighted by Gasteiger charge is 2.25. The topological polar surface area (TPSA) is 35.6 Å². The highest BCUT2D eigenvalue weighted by molar-refractivity contribution is 5.76. The predicted molar refractivity (Wildman–Crippen MR) is 73.5 cm³/mol. The molecular formula is C14H27N3O.